The Bertz CT molecular complexity index is 337. The van der Waals surface area contributed by atoms with Crippen LogP contribution >= 0.6 is 12.4 Å². The summed E-state index contributed by atoms with van der Waals surface area (Å²) in [6.45, 7) is 3.41. The minimum absolute atomic E-state index is 0. The van der Waals surface area contributed by atoms with E-state index in [9.17, 15) is 5.11 Å². The summed E-state index contributed by atoms with van der Waals surface area (Å²) in [6.07, 6.45) is 1.60. The maximum atomic E-state index is 9.37. The summed E-state index contributed by atoms with van der Waals surface area (Å²) in [6, 6.07) is 6.75. The first-order valence-electron chi connectivity index (χ1n) is 6.06. The van der Waals surface area contributed by atoms with Crippen molar-refractivity contribution in [2.45, 2.75) is 18.9 Å². The number of piperidine rings is 1. The third-order valence-corrected chi connectivity index (χ3v) is 3.07. The molecule has 1 heterocycles. The normalized spacial score (nSPS) is 17.2. The van der Waals surface area contributed by atoms with Gasteiger partial charge in [-0.1, -0.05) is 0 Å². The van der Waals surface area contributed by atoms with Gasteiger partial charge in [-0.2, -0.15) is 0 Å². The van der Waals surface area contributed by atoms with Crippen molar-refractivity contribution in [3.63, 3.8) is 0 Å². The number of hydrogen-bond acceptors (Lipinski definition) is 4. The molecule has 0 aliphatic carbocycles. The fourth-order valence-electron chi connectivity index (χ4n) is 1.98. The molecule has 0 saturated carbocycles. The van der Waals surface area contributed by atoms with Gasteiger partial charge in [0.25, 0.3) is 0 Å². The smallest absolute Gasteiger partial charge is 0.119 e. The van der Waals surface area contributed by atoms with Crippen molar-refractivity contribution < 1.29 is 14.9 Å². The molecule has 5 heteroatoms. The van der Waals surface area contributed by atoms with Crippen molar-refractivity contribution in [3.8, 4) is 11.5 Å². The molecule has 2 rings (SSSR count). The molecule has 102 valence electrons. The highest BCUT2D eigenvalue weighted by atomic mass is 35.5. The first-order valence-corrected chi connectivity index (χ1v) is 6.06. The molecule has 1 aliphatic heterocycles. The minimum Gasteiger partial charge on any atom is -0.508 e. The summed E-state index contributed by atoms with van der Waals surface area (Å²) >= 11 is 0. The van der Waals surface area contributed by atoms with Gasteiger partial charge >= 0.3 is 0 Å². The quantitative estimate of drug-likeness (QED) is 0.876. The van der Waals surface area contributed by atoms with Crippen LogP contribution < -0.4 is 4.74 Å². The number of benzene rings is 1. The van der Waals surface area contributed by atoms with Crippen LogP contribution in [0, 0.1) is 0 Å². The Kier molecular flexibility index (Phi) is 6.25. The number of phenols is 1. The number of aliphatic hydroxyl groups is 1. The SMILES string of the molecule is Cl.Oc1ccc(OCCN2CCC(O)CC2)cc1. The molecule has 18 heavy (non-hydrogen) atoms. The van der Waals surface area contributed by atoms with Gasteiger partial charge in [-0.15, -0.1) is 12.4 Å². The van der Waals surface area contributed by atoms with Crippen molar-refractivity contribution in [2.75, 3.05) is 26.2 Å². The molecule has 2 N–H and O–H groups in total. The van der Waals surface area contributed by atoms with Gasteiger partial charge in [0, 0.05) is 19.6 Å². The number of aliphatic hydroxyl groups excluding tert-OH is 1. The summed E-state index contributed by atoms with van der Waals surface area (Å²) in [7, 11) is 0. The van der Waals surface area contributed by atoms with E-state index in [2.05, 4.69) is 4.90 Å². The zero-order valence-electron chi connectivity index (χ0n) is 10.3. The number of ether oxygens (including phenoxy) is 1. The van der Waals surface area contributed by atoms with Gasteiger partial charge in [0.1, 0.15) is 18.1 Å². The Morgan fingerprint density at radius 1 is 1.17 bits per heavy atom. The van der Waals surface area contributed by atoms with Crippen LogP contribution in [0.2, 0.25) is 0 Å². The van der Waals surface area contributed by atoms with Crippen LogP contribution in [0.4, 0.5) is 0 Å². The number of hydrogen-bond donors (Lipinski definition) is 2. The number of nitrogens with zero attached hydrogens (tertiary/aromatic N) is 1. The Hall–Kier alpha value is -0.970. The predicted molar refractivity (Wildman–Crippen MR) is 72.5 cm³/mol. The molecule has 1 fully saturated rings. The van der Waals surface area contributed by atoms with Crippen molar-refractivity contribution in [3.05, 3.63) is 24.3 Å². The third-order valence-electron chi connectivity index (χ3n) is 3.07. The maximum Gasteiger partial charge on any atom is 0.119 e. The zero-order chi connectivity index (χ0) is 12.1. The van der Waals surface area contributed by atoms with E-state index in [-0.39, 0.29) is 24.3 Å². The van der Waals surface area contributed by atoms with Gasteiger partial charge in [0.15, 0.2) is 0 Å². The molecule has 0 radical (unpaired) electrons. The van der Waals surface area contributed by atoms with Gasteiger partial charge in [-0.25, -0.2) is 0 Å². The van der Waals surface area contributed by atoms with Crippen molar-refractivity contribution in [2.24, 2.45) is 0 Å². The molecule has 1 aromatic carbocycles. The van der Waals surface area contributed by atoms with E-state index < -0.39 is 0 Å². The lowest BCUT2D eigenvalue weighted by Gasteiger charge is -2.29. The second kappa shape index (κ2) is 7.46. The lowest BCUT2D eigenvalue weighted by molar-refractivity contribution is 0.0755. The fraction of sp³-hybridized carbons (Fsp3) is 0.538. The molecule has 0 aromatic heterocycles. The summed E-state index contributed by atoms with van der Waals surface area (Å²) in [5.74, 6) is 1.03. The van der Waals surface area contributed by atoms with Crippen molar-refractivity contribution in [1.82, 2.24) is 4.90 Å². The predicted octanol–water partition coefficient (Wildman–Crippen LogP) is 1.65. The third kappa shape index (κ3) is 4.72. The van der Waals surface area contributed by atoms with E-state index in [1.54, 1.807) is 24.3 Å². The van der Waals surface area contributed by atoms with Gasteiger partial charge < -0.3 is 14.9 Å². The van der Waals surface area contributed by atoms with E-state index in [0.717, 1.165) is 38.2 Å². The standard InChI is InChI=1S/C13H19NO3.ClH/c15-11-1-3-13(4-2-11)17-10-9-14-7-5-12(16)6-8-14;/h1-4,12,15-16H,5-10H2;1H. The topological polar surface area (TPSA) is 52.9 Å². The average molecular weight is 274 g/mol. The number of aromatic hydroxyl groups is 1. The van der Waals surface area contributed by atoms with Crippen LogP contribution in [0.3, 0.4) is 0 Å². The Labute approximate surface area is 114 Å². The molecule has 0 spiro atoms. The second-order valence-corrected chi connectivity index (χ2v) is 4.42. The Morgan fingerprint density at radius 3 is 2.39 bits per heavy atom. The molecule has 0 bridgehead atoms. The molecular formula is C13H20ClNO3. The van der Waals surface area contributed by atoms with E-state index in [1.165, 1.54) is 0 Å². The minimum atomic E-state index is -0.121. The van der Waals surface area contributed by atoms with E-state index in [4.69, 9.17) is 9.84 Å². The first-order chi connectivity index (χ1) is 8.24. The van der Waals surface area contributed by atoms with Gasteiger partial charge in [-0.3, -0.25) is 4.90 Å². The van der Waals surface area contributed by atoms with E-state index in [1.807, 2.05) is 0 Å². The fourth-order valence-corrected chi connectivity index (χ4v) is 1.98. The molecule has 0 unspecified atom stereocenters. The maximum absolute atomic E-state index is 9.37. The number of rotatable bonds is 4. The van der Waals surface area contributed by atoms with Gasteiger partial charge in [0.05, 0.1) is 6.10 Å². The summed E-state index contributed by atoms with van der Waals surface area (Å²) in [5, 5.41) is 18.5. The first kappa shape index (κ1) is 15.1. The van der Waals surface area contributed by atoms with E-state index >= 15 is 0 Å². The van der Waals surface area contributed by atoms with Gasteiger partial charge in [-0.05, 0) is 37.1 Å². The molecule has 1 saturated heterocycles. The highest BCUT2D eigenvalue weighted by Crippen LogP contribution is 2.16. The van der Waals surface area contributed by atoms with Crippen LogP contribution in [-0.2, 0) is 0 Å². The van der Waals surface area contributed by atoms with Crippen LogP contribution in [0.15, 0.2) is 24.3 Å². The van der Waals surface area contributed by atoms with Crippen LogP contribution in [0.1, 0.15) is 12.8 Å². The van der Waals surface area contributed by atoms with Crippen LogP contribution in [0.25, 0.3) is 0 Å². The second-order valence-electron chi connectivity index (χ2n) is 4.42. The van der Waals surface area contributed by atoms with Crippen LogP contribution in [0.5, 0.6) is 11.5 Å². The van der Waals surface area contributed by atoms with Crippen LogP contribution in [-0.4, -0.2) is 47.5 Å². The van der Waals surface area contributed by atoms with Crippen molar-refractivity contribution >= 4 is 12.4 Å². The molecule has 0 atom stereocenters. The Morgan fingerprint density at radius 2 is 1.78 bits per heavy atom. The Balaban J connectivity index is 0.00000162. The monoisotopic (exact) mass is 273 g/mol. The molecule has 1 aromatic rings. The molecule has 4 nitrogen and oxygen atoms in total. The molecule has 0 amide bonds. The van der Waals surface area contributed by atoms with Crippen molar-refractivity contribution in [1.29, 1.82) is 0 Å². The lowest BCUT2D eigenvalue weighted by Crippen LogP contribution is -2.38. The molecular weight excluding hydrogens is 254 g/mol. The highest BCUT2D eigenvalue weighted by molar-refractivity contribution is 5.85. The largest absolute Gasteiger partial charge is 0.508 e. The number of halogens is 1. The number of phenolic OH excluding ortho intramolecular Hbond substituents is 1. The molecule has 1 aliphatic rings. The lowest BCUT2D eigenvalue weighted by atomic mass is 10.1. The van der Waals surface area contributed by atoms with Gasteiger partial charge in [0.2, 0.25) is 0 Å². The average Bonchev–Trinajstić information content (AvgIpc) is 2.34. The number of likely N-dealkylation sites (tertiary alicyclic amines) is 1. The summed E-state index contributed by atoms with van der Waals surface area (Å²) in [4.78, 5) is 2.30. The zero-order valence-corrected chi connectivity index (χ0v) is 11.1. The summed E-state index contributed by atoms with van der Waals surface area (Å²) in [5.41, 5.74) is 0. The summed E-state index contributed by atoms with van der Waals surface area (Å²) < 4.78 is 5.58. The van der Waals surface area contributed by atoms with E-state index in [0.29, 0.717) is 6.61 Å². The highest BCUT2D eigenvalue weighted by Gasteiger charge is 2.16.